The summed E-state index contributed by atoms with van der Waals surface area (Å²) in [5, 5.41) is 8.58. The maximum atomic E-state index is 10.4. The van der Waals surface area contributed by atoms with Gasteiger partial charge < -0.3 is 5.11 Å². The number of carboxylic acid groups (broad SMARTS) is 1. The van der Waals surface area contributed by atoms with Gasteiger partial charge in [0.1, 0.15) is 4.88 Å². The number of thiophene rings is 1. The van der Waals surface area contributed by atoms with Crippen molar-refractivity contribution in [2.45, 2.75) is 0 Å². The van der Waals surface area contributed by atoms with Crippen molar-refractivity contribution in [3.05, 3.63) is 17.4 Å². The topological polar surface area (TPSA) is 37.3 Å². The Morgan fingerprint density at radius 2 is 2.20 bits per heavy atom. The molecule has 0 saturated carbocycles. The first-order valence-corrected chi connectivity index (χ1v) is 5.27. The molecule has 1 heterocycles. The molecule has 0 amide bonds. The molecule has 0 bridgehead atoms. The van der Waals surface area contributed by atoms with E-state index in [1.54, 1.807) is 0 Å². The van der Waals surface area contributed by atoms with Crippen LogP contribution in [0, 0.1) is 6.45 Å². The zero-order valence-electron chi connectivity index (χ0n) is 4.60. The lowest BCUT2D eigenvalue weighted by molar-refractivity contribution is 0.0701. The molecular formula is C5H2I2O2S. The summed E-state index contributed by atoms with van der Waals surface area (Å²) in [5.74, 6) is -0.836. The first-order chi connectivity index (χ1) is 4.61. The van der Waals surface area contributed by atoms with Crippen LogP contribution >= 0.6 is 56.5 Å². The van der Waals surface area contributed by atoms with Crippen LogP contribution in [-0.4, -0.2) is 11.1 Å². The van der Waals surface area contributed by atoms with Crippen LogP contribution in [0.2, 0.25) is 0 Å². The van der Waals surface area contributed by atoms with Crippen molar-refractivity contribution in [1.82, 2.24) is 0 Å². The standard InChI is InChI=1S/C5H2I2O2S/c6-2-1-3(7)10-4(2)5(8)9/h1H,(H,8,9). The lowest BCUT2D eigenvalue weighted by atomic mass is 10.5. The lowest BCUT2D eigenvalue weighted by Gasteiger charge is -1.84. The quantitative estimate of drug-likeness (QED) is 0.762. The van der Waals surface area contributed by atoms with E-state index in [1.807, 2.05) is 28.7 Å². The molecule has 0 spiro atoms. The van der Waals surface area contributed by atoms with Crippen LogP contribution in [0.5, 0.6) is 0 Å². The molecule has 0 atom stereocenters. The predicted molar refractivity (Wildman–Crippen MR) is 56.7 cm³/mol. The lowest BCUT2D eigenvalue weighted by Crippen LogP contribution is -1.92. The molecule has 0 aliphatic rings. The molecule has 1 rings (SSSR count). The largest absolute Gasteiger partial charge is 0.477 e. The van der Waals surface area contributed by atoms with Crippen molar-refractivity contribution in [3.8, 4) is 0 Å². The van der Waals surface area contributed by atoms with Crippen LogP contribution < -0.4 is 0 Å². The van der Waals surface area contributed by atoms with Gasteiger partial charge in [-0.05, 0) is 51.2 Å². The van der Waals surface area contributed by atoms with Crippen molar-refractivity contribution in [3.63, 3.8) is 0 Å². The molecular weight excluding hydrogens is 378 g/mol. The minimum absolute atomic E-state index is 0.435. The third-order valence-corrected chi connectivity index (χ3v) is 3.95. The van der Waals surface area contributed by atoms with Gasteiger partial charge in [0.2, 0.25) is 0 Å². The van der Waals surface area contributed by atoms with E-state index in [4.69, 9.17) is 5.11 Å². The van der Waals surface area contributed by atoms with Gasteiger partial charge in [0.05, 0.1) is 2.88 Å². The molecule has 10 heavy (non-hydrogen) atoms. The van der Waals surface area contributed by atoms with Crippen molar-refractivity contribution < 1.29 is 9.90 Å². The summed E-state index contributed by atoms with van der Waals surface area (Å²) in [7, 11) is 0. The van der Waals surface area contributed by atoms with E-state index >= 15 is 0 Å². The molecule has 0 aliphatic carbocycles. The highest BCUT2D eigenvalue weighted by atomic mass is 127. The monoisotopic (exact) mass is 380 g/mol. The first-order valence-electron chi connectivity index (χ1n) is 2.29. The highest BCUT2D eigenvalue weighted by molar-refractivity contribution is 14.1. The summed E-state index contributed by atoms with van der Waals surface area (Å²) in [6.45, 7) is 0. The minimum Gasteiger partial charge on any atom is -0.477 e. The summed E-state index contributed by atoms with van der Waals surface area (Å²) in [5.41, 5.74) is 0. The van der Waals surface area contributed by atoms with Crippen LogP contribution in [0.4, 0.5) is 0 Å². The second-order valence-electron chi connectivity index (χ2n) is 1.53. The fraction of sp³-hybridized carbons (Fsp3) is 0. The second-order valence-corrected chi connectivity index (χ2v) is 5.64. The SMILES string of the molecule is O=C(O)c1sc(I)cc1I. The zero-order valence-corrected chi connectivity index (χ0v) is 9.73. The van der Waals surface area contributed by atoms with Crippen molar-refractivity contribution in [2.75, 3.05) is 0 Å². The Morgan fingerprint density at radius 3 is 2.40 bits per heavy atom. The molecule has 1 aromatic rings. The molecule has 54 valence electrons. The molecule has 2 nitrogen and oxygen atoms in total. The Kier molecular flexibility index (Phi) is 2.92. The average molecular weight is 380 g/mol. The molecule has 0 fully saturated rings. The molecule has 0 radical (unpaired) electrons. The van der Waals surface area contributed by atoms with Gasteiger partial charge in [0.15, 0.2) is 0 Å². The number of hydrogen-bond donors (Lipinski definition) is 1. The second kappa shape index (κ2) is 3.35. The van der Waals surface area contributed by atoms with Crippen molar-refractivity contribution in [1.29, 1.82) is 0 Å². The summed E-state index contributed by atoms with van der Waals surface area (Å²) in [6, 6.07) is 1.86. The van der Waals surface area contributed by atoms with Gasteiger partial charge in [-0.2, -0.15) is 0 Å². The molecule has 5 heteroatoms. The smallest absolute Gasteiger partial charge is 0.346 e. The number of carbonyl (C=O) groups is 1. The summed E-state index contributed by atoms with van der Waals surface area (Å²) < 4.78 is 1.83. The van der Waals surface area contributed by atoms with E-state index in [-0.39, 0.29) is 0 Å². The van der Waals surface area contributed by atoms with Crippen LogP contribution in [0.3, 0.4) is 0 Å². The van der Waals surface area contributed by atoms with Gasteiger partial charge in [-0.15, -0.1) is 11.3 Å². The number of hydrogen-bond acceptors (Lipinski definition) is 2. The average Bonchev–Trinajstić information content (AvgIpc) is 2.10. The molecule has 0 unspecified atom stereocenters. The summed E-state index contributed by atoms with van der Waals surface area (Å²) in [4.78, 5) is 10.9. The van der Waals surface area contributed by atoms with E-state index in [0.29, 0.717) is 4.88 Å². The molecule has 0 saturated heterocycles. The van der Waals surface area contributed by atoms with Gasteiger partial charge in [-0.25, -0.2) is 4.79 Å². The normalized spacial score (nSPS) is 9.80. The molecule has 1 aromatic heterocycles. The van der Waals surface area contributed by atoms with E-state index in [1.165, 1.54) is 11.3 Å². The molecule has 0 aliphatic heterocycles. The zero-order chi connectivity index (χ0) is 7.72. The number of rotatable bonds is 1. The molecule has 1 N–H and O–H groups in total. The first kappa shape index (κ1) is 8.72. The van der Waals surface area contributed by atoms with E-state index in [2.05, 4.69) is 22.6 Å². The number of halogens is 2. The Morgan fingerprint density at radius 1 is 1.60 bits per heavy atom. The predicted octanol–water partition coefficient (Wildman–Crippen LogP) is 2.66. The number of aromatic carboxylic acids is 1. The fourth-order valence-corrected chi connectivity index (χ4v) is 3.75. The van der Waals surface area contributed by atoms with E-state index in [0.717, 1.165) is 6.45 Å². The minimum atomic E-state index is -0.836. The Labute approximate surface area is 88.9 Å². The highest BCUT2D eigenvalue weighted by Crippen LogP contribution is 2.24. The maximum Gasteiger partial charge on any atom is 0.346 e. The Balaban J connectivity index is 3.15. The van der Waals surface area contributed by atoms with E-state index < -0.39 is 5.97 Å². The van der Waals surface area contributed by atoms with Crippen LogP contribution in [0.15, 0.2) is 6.07 Å². The summed E-state index contributed by atoms with van der Waals surface area (Å²) in [6.07, 6.45) is 0. The molecule has 0 aromatic carbocycles. The van der Waals surface area contributed by atoms with Gasteiger partial charge in [-0.3, -0.25) is 0 Å². The highest BCUT2D eigenvalue weighted by Gasteiger charge is 2.11. The third kappa shape index (κ3) is 1.82. The summed E-state index contributed by atoms with van der Waals surface area (Å²) >= 11 is 5.43. The van der Waals surface area contributed by atoms with E-state index in [9.17, 15) is 4.79 Å². The maximum absolute atomic E-state index is 10.4. The number of carboxylic acids is 1. The van der Waals surface area contributed by atoms with Gasteiger partial charge >= 0.3 is 5.97 Å². The van der Waals surface area contributed by atoms with Crippen LogP contribution in [0.25, 0.3) is 0 Å². The van der Waals surface area contributed by atoms with Gasteiger partial charge in [0.25, 0.3) is 0 Å². The Hall–Kier alpha value is 0.630. The van der Waals surface area contributed by atoms with Crippen LogP contribution in [-0.2, 0) is 0 Å². The fourth-order valence-electron chi connectivity index (χ4n) is 0.487. The van der Waals surface area contributed by atoms with Crippen molar-refractivity contribution in [2.24, 2.45) is 0 Å². The van der Waals surface area contributed by atoms with Gasteiger partial charge in [0, 0.05) is 3.57 Å². The van der Waals surface area contributed by atoms with Crippen molar-refractivity contribution >= 4 is 62.5 Å². The van der Waals surface area contributed by atoms with Crippen LogP contribution in [0.1, 0.15) is 9.67 Å². The third-order valence-electron chi connectivity index (χ3n) is 0.851. The Bertz CT molecular complexity index is 269. The van der Waals surface area contributed by atoms with Gasteiger partial charge in [-0.1, -0.05) is 0 Å².